The standard InChI is InChI=1S/C18H18N4O4S/c1-3-12-7-13-17(27-12)19-10-22(18(13)25)9-16(24)21-20-8-11-4-5-14(23)15(6-11)26-2/h4-8,10,23H,3,9H2,1-2H3,(H,21,24)/b20-8+. The van der Waals surface area contributed by atoms with Crippen molar-refractivity contribution in [3.8, 4) is 11.5 Å². The van der Waals surface area contributed by atoms with E-state index >= 15 is 0 Å². The Morgan fingerprint density at radius 1 is 1.44 bits per heavy atom. The number of nitrogens with zero attached hydrogens (tertiary/aromatic N) is 3. The molecule has 1 amide bonds. The third kappa shape index (κ3) is 4.14. The van der Waals surface area contributed by atoms with Gasteiger partial charge in [0.2, 0.25) is 0 Å². The number of carbonyl (C=O) groups is 1. The molecule has 0 aliphatic heterocycles. The summed E-state index contributed by atoms with van der Waals surface area (Å²) in [5.41, 5.74) is 2.75. The number of amides is 1. The maximum absolute atomic E-state index is 12.5. The van der Waals surface area contributed by atoms with Crippen LogP contribution in [0.1, 0.15) is 17.4 Å². The van der Waals surface area contributed by atoms with Crippen LogP contribution in [0.2, 0.25) is 0 Å². The number of methoxy groups -OCH3 is 1. The molecule has 2 N–H and O–H groups in total. The van der Waals surface area contributed by atoms with E-state index in [2.05, 4.69) is 15.5 Å². The molecule has 0 fully saturated rings. The lowest BCUT2D eigenvalue weighted by Gasteiger charge is -2.04. The van der Waals surface area contributed by atoms with Crippen LogP contribution in [0.4, 0.5) is 0 Å². The Balaban J connectivity index is 1.68. The molecule has 0 spiro atoms. The number of aromatic nitrogens is 2. The van der Waals surface area contributed by atoms with Gasteiger partial charge in [-0.2, -0.15) is 5.10 Å². The molecule has 140 valence electrons. The Hall–Kier alpha value is -3.20. The van der Waals surface area contributed by atoms with Crippen molar-refractivity contribution in [3.05, 3.63) is 51.4 Å². The SMILES string of the molecule is CCc1cc2c(=O)n(CC(=O)N/N=C/c3ccc(O)c(OC)c3)cnc2s1. The molecule has 0 aliphatic rings. The van der Waals surface area contributed by atoms with Gasteiger partial charge in [0.15, 0.2) is 11.5 Å². The first kappa shape index (κ1) is 18.6. The number of hydrogen-bond acceptors (Lipinski definition) is 7. The fraction of sp³-hybridized carbons (Fsp3) is 0.222. The molecule has 0 saturated carbocycles. The molecule has 3 rings (SSSR count). The first-order chi connectivity index (χ1) is 13.0. The first-order valence-corrected chi connectivity index (χ1v) is 9.00. The largest absolute Gasteiger partial charge is 0.504 e. The van der Waals surface area contributed by atoms with E-state index in [0.29, 0.717) is 21.5 Å². The van der Waals surface area contributed by atoms with Crippen LogP contribution in [0.15, 0.2) is 40.5 Å². The van der Waals surface area contributed by atoms with Crippen molar-refractivity contribution in [2.75, 3.05) is 7.11 Å². The van der Waals surface area contributed by atoms with Gasteiger partial charge in [-0.3, -0.25) is 14.2 Å². The van der Waals surface area contributed by atoms with Gasteiger partial charge in [-0.05, 0) is 36.2 Å². The second kappa shape index (κ2) is 8.00. The molecule has 8 nitrogen and oxygen atoms in total. The van der Waals surface area contributed by atoms with E-state index in [-0.39, 0.29) is 17.9 Å². The van der Waals surface area contributed by atoms with Crippen molar-refractivity contribution in [3.63, 3.8) is 0 Å². The highest BCUT2D eigenvalue weighted by Crippen LogP contribution is 2.25. The van der Waals surface area contributed by atoms with E-state index in [1.54, 1.807) is 12.1 Å². The summed E-state index contributed by atoms with van der Waals surface area (Å²) < 4.78 is 6.26. The molecule has 9 heteroatoms. The van der Waals surface area contributed by atoms with Crippen LogP contribution in [0.25, 0.3) is 10.2 Å². The Bertz CT molecular complexity index is 1070. The molecule has 0 saturated heterocycles. The molecule has 0 unspecified atom stereocenters. The van der Waals surface area contributed by atoms with E-state index in [0.717, 1.165) is 11.3 Å². The zero-order valence-electron chi connectivity index (χ0n) is 14.8. The minimum absolute atomic E-state index is 0.0145. The molecule has 0 atom stereocenters. The predicted octanol–water partition coefficient (Wildman–Crippen LogP) is 1.88. The zero-order valence-corrected chi connectivity index (χ0v) is 15.6. The van der Waals surface area contributed by atoms with Gasteiger partial charge in [-0.1, -0.05) is 6.92 Å². The molecule has 2 aromatic heterocycles. The van der Waals surface area contributed by atoms with Crippen molar-refractivity contribution in [1.82, 2.24) is 15.0 Å². The summed E-state index contributed by atoms with van der Waals surface area (Å²) in [5.74, 6) is -0.134. The van der Waals surface area contributed by atoms with Gasteiger partial charge in [0.05, 0.1) is 25.0 Å². The number of phenolic OH excluding ortho intramolecular Hbond substituents is 1. The van der Waals surface area contributed by atoms with Crippen molar-refractivity contribution >= 4 is 33.7 Å². The van der Waals surface area contributed by atoms with Gasteiger partial charge in [0.1, 0.15) is 11.4 Å². The van der Waals surface area contributed by atoms with E-state index in [1.807, 2.05) is 13.0 Å². The molecule has 27 heavy (non-hydrogen) atoms. The van der Waals surface area contributed by atoms with Gasteiger partial charge in [0, 0.05) is 4.88 Å². The van der Waals surface area contributed by atoms with Crippen LogP contribution in [0, 0.1) is 0 Å². The van der Waals surface area contributed by atoms with Crippen LogP contribution >= 0.6 is 11.3 Å². The summed E-state index contributed by atoms with van der Waals surface area (Å²) in [7, 11) is 1.44. The fourth-order valence-corrected chi connectivity index (χ4v) is 3.37. The highest BCUT2D eigenvalue weighted by molar-refractivity contribution is 7.18. The minimum Gasteiger partial charge on any atom is -0.504 e. The average molecular weight is 386 g/mol. The lowest BCUT2D eigenvalue weighted by molar-refractivity contribution is -0.121. The summed E-state index contributed by atoms with van der Waals surface area (Å²) >= 11 is 1.48. The highest BCUT2D eigenvalue weighted by Gasteiger charge is 2.10. The van der Waals surface area contributed by atoms with Crippen molar-refractivity contribution in [1.29, 1.82) is 0 Å². The van der Waals surface area contributed by atoms with E-state index in [1.165, 1.54) is 41.6 Å². The number of aromatic hydroxyl groups is 1. The van der Waals surface area contributed by atoms with E-state index in [4.69, 9.17) is 4.74 Å². The third-order valence-electron chi connectivity index (χ3n) is 3.84. The summed E-state index contributed by atoms with van der Waals surface area (Å²) in [4.78, 5) is 30.5. The Kier molecular flexibility index (Phi) is 5.51. The number of hydrogen-bond donors (Lipinski definition) is 2. The monoisotopic (exact) mass is 386 g/mol. The molecule has 1 aromatic carbocycles. The second-order valence-electron chi connectivity index (χ2n) is 5.69. The number of fused-ring (bicyclic) bond motifs is 1. The Labute approximate surface area is 158 Å². The molecule has 3 aromatic rings. The molecule has 0 radical (unpaired) electrons. The smallest absolute Gasteiger partial charge is 0.262 e. The topological polar surface area (TPSA) is 106 Å². The average Bonchev–Trinajstić information content (AvgIpc) is 3.09. The fourth-order valence-electron chi connectivity index (χ4n) is 2.44. The quantitative estimate of drug-likeness (QED) is 0.497. The second-order valence-corrected chi connectivity index (χ2v) is 6.80. The lowest BCUT2D eigenvalue weighted by Crippen LogP contribution is -2.29. The normalized spacial score (nSPS) is 11.2. The Morgan fingerprint density at radius 3 is 3.00 bits per heavy atom. The molecule has 2 heterocycles. The highest BCUT2D eigenvalue weighted by atomic mass is 32.1. The van der Waals surface area contributed by atoms with Crippen molar-refractivity contribution < 1.29 is 14.6 Å². The van der Waals surface area contributed by atoms with Crippen LogP contribution in [0.3, 0.4) is 0 Å². The number of aryl methyl sites for hydroxylation is 1. The van der Waals surface area contributed by atoms with Crippen LogP contribution < -0.4 is 15.7 Å². The van der Waals surface area contributed by atoms with Crippen molar-refractivity contribution in [2.24, 2.45) is 5.10 Å². The number of benzene rings is 1. The number of carbonyl (C=O) groups excluding carboxylic acids is 1. The number of rotatable bonds is 6. The van der Waals surface area contributed by atoms with Gasteiger partial charge in [0.25, 0.3) is 11.5 Å². The number of nitrogens with one attached hydrogen (secondary N) is 1. The van der Waals surface area contributed by atoms with Gasteiger partial charge >= 0.3 is 0 Å². The number of phenols is 1. The van der Waals surface area contributed by atoms with Crippen LogP contribution in [-0.2, 0) is 17.8 Å². The summed E-state index contributed by atoms with van der Waals surface area (Å²) in [6, 6.07) is 6.49. The molecule has 0 bridgehead atoms. The number of hydrazone groups is 1. The molecular formula is C18H18N4O4S. The lowest BCUT2D eigenvalue weighted by atomic mass is 10.2. The summed E-state index contributed by atoms with van der Waals surface area (Å²) in [6.07, 6.45) is 3.61. The number of thiophene rings is 1. The molecular weight excluding hydrogens is 368 g/mol. The zero-order chi connectivity index (χ0) is 19.4. The predicted molar refractivity (Wildman–Crippen MR) is 104 cm³/mol. The number of ether oxygens (including phenoxy) is 1. The summed E-state index contributed by atoms with van der Waals surface area (Å²) in [5, 5.41) is 13.9. The van der Waals surface area contributed by atoms with Crippen molar-refractivity contribution in [2.45, 2.75) is 19.9 Å². The first-order valence-electron chi connectivity index (χ1n) is 8.18. The van der Waals surface area contributed by atoms with Crippen LogP contribution in [-0.4, -0.2) is 33.9 Å². The van der Waals surface area contributed by atoms with Gasteiger partial charge in [-0.25, -0.2) is 10.4 Å². The molecule has 0 aliphatic carbocycles. The van der Waals surface area contributed by atoms with Gasteiger partial charge in [-0.15, -0.1) is 11.3 Å². The Morgan fingerprint density at radius 2 is 2.26 bits per heavy atom. The van der Waals surface area contributed by atoms with E-state index in [9.17, 15) is 14.7 Å². The maximum atomic E-state index is 12.5. The van der Waals surface area contributed by atoms with Gasteiger partial charge < -0.3 is 9.84 Å². The summed E-state index contributed by atoms with van der Waals surface area (Å²) in [6.45, 7) is 1.83. The third-order valence-corrected chi connectivity index (χ3v) is 5.03. The maximum Gasteiger partial charge on any atom is 0.262 e. The van der Waals surface area contributed by atoms with E-state index < -0.39 is 5.91 Å². The van der Waals surface area contributed by atoms with Crippen LogP contribution in [0.5, 0.6) is 11.5 Å². The minimum atomic E-state index is -0.453.